The molecule has 0 amide bonds. The van der Waals surface area contributed by atoms with Crippen LogP contribution in [0.1, 0.15) is 28.7 Å². The van der Waals surface area contributed by atoms with Gasteiger partial charge in [-0.15, -0.1) is 0 Å². The molecule has 27 heavy (non-hydrogen) atoms. The van der Waals surface area contributed by atoms with Gasteiger partial charge in [0.25, 0.3) is 0 Å². The van der Waals surface area contributed by atoms with Gasteiger partial charge in [-0.1, -0.05) is 74.2 Å². The molecule has 3 heteroatoms. The van der Waals surface area contributed by atoms with Crippen LogP contribution in [0.15, 0.2) is 73.1 Å². The molecule has 0 atom stereocenters. The van der Waals surface area contributed by atoms with E-state index in [9.17, 15) is 0 Å². The van der Waals surface area contributed by atoms with E-state index in [0.29, 0.717) is 12.1 Å². The Morgan fingerprint density at radius 2 is 1.78 bits per heavy atom. The van der Waals surface area contributed by atoms with E-state index in [4.69, 9.17) is 5.73 Å². The van der Waals surface area contributed by atoms with E-state index in [1.54, 1.807) is 0 Å². The minimum absolute atomic E-state index is 0.570. The fraction of sp³-hybridized carbons (Fsp3) is 0.167. The molecule has 0 fully saturated rings. The SMILES string of the molecule is C=Cc1ccc(-c2cc(C)c(/C=C(\CC(=C)NSC)C(=C)N)cc2C)cc1. The van der Waals surface area contributed by atoms with Gasteiger partial charge >= 0.3 is 0 Å². The lowest BCUT2D eigenvalue weighted by molar-refractivity contribution is 1.05. The van der Waals surface area contributed by atoms with Crippen molar-refractivity contribution in [1.82, 2.24) is 4.72 Å². The average Bonchev–Trinajstić information content (AvgIpc) is 2.64. The van der Waals surface area contributed by atoms with Crippen LogP contribution in [-0.2, 0) is 0 Å². The summed E-state index contributed by atoms with van der Waals surface area (Å²) in [7, 11) is 0. The fourth-order valence-electron chi connectivity index (χ4n) is 2.96. The quantitative estimate of drug-likeness (QED) is 0.423. The summed E-state index contributed by atoms with van der Waals surface area (Å²) in [5.74, 6) is 0. The van der Waals surface area contributed by atoms with Crippen LogP contribution >= 0.6 is 11.9 Å². The maximum atomic E-state index is 6.02. The first-order chi connectivity index (χ1) is 12.8. The zero-order valence-corrected chi connectivity index (χ0v) is 17.2. The van der Waals surface area contributed by atoms with E-state index >= 15 is 0 Å². The number of benzene rings is 2. The molecule has 3 N–H and O–H groups in total. The molecular formula is C24H28N2S. The molecule has 2 nitrogen and oxygen atoms in total. The summed E-state index contributed by atoms with van der Waals surface area (Å²) >= 11 is 1.52. The normalized spacial score (nSPS) is 11.1. The maximum Gasteiger partial charge on any atom is 0.0277 e. The largest absolute Gasteiger partial charge is 0.399 e. The predicted octanol–water partition coefficient (Wildman–Crippen LogP) is 6.24. The van der Waals surface area contributed by atoms with Crippen molar-refractivity contribution in [3.63, 3.8) is 0 Å². The van der Waals surface area contributed by atoms with Crippen molar-refractivity contribution >= 4 is 24.1 Å². The summed E-state index contributed by atoms with van der Waals surface area (Å²) < 4.78 is 3.16. The summed E-state index contributed by atoms with van der Waals surface area (Å²) in [4.78, 5) is 0. The van der Waals surface area contributed by atoms with Gasteiger partial charge in [0.2, 0.25) is 0 Å². The van der Waals surface area contributed by atoms with Crippen LogP contribution < -0.4 is 10.5 Å². The van der Waals surface area contributed by atoms with Crippen LogP contribution in [0.3, 0.4) is 0 Å². The molecule has 0 aromatic heterocycles. The van der Waals surface area contributed by atoms with Crippen LogP contribution in [-0.4, -0.2) is 6.26 Å². The van der Waals surface area contributed by atoms with E-state index in [0.717, 1.165) is 22.4 Å². The summed E-state index contributed by atoms with van der Waals surface area (Å²) in [6.45, 7) is 16.0. The van der Waals surface area contributed by atoms with Gasteiger partial charge in [0.1, 0.15) is 0 Å². The van der Waals surface area contributed by atoms with E-state index in [1.165, 1.54) is 34.2 Å². The smallest absolute Gasteiger partial charge is 0.0277 e. The molecule has 0 spiro atoms. The number of allylic oxidation sites excluding steroid dienone is 2. The second-order valence-electron chi connectivity index (χ2n) is 6.63. The molecular weight excluding hydrogens is 348 g/mol. The van der Waals surface area contributed by atoms with Crippen molar-refractivity contribution in [2.45, 2.75) is 20.3 Å². The number of nitrogens with one attached hydrogen (secondary N) is 1. The monoisotopic (exact) mass is 376 g/mol. The molecule has 0 unspecified atom stereocenters. The fourth-order valence-corrected chi connectivity index (χ4v) is 3.32. The van der Waals surface area contributed by atoms with Crippen molar-refractivity contribution in [2.75, 3.05) is 6.26 Å². The molecule has 0 aliphatic rings. The second kappa shape index (κ2) is 9.33. The highest BCUT2D eigenvalue weighted by molar-refractivity contribution is 7.96. The molecule has 0 bridgehead atoms. The summed E-state index contributed by atoms with van der Waals surface area (Å²) in [6.07, 6.45) is 6.60. The van der Waals surface area contributed by atoms with Gasteiger partial charge in [-0.05, 0) is 58.9 Å². The predicted molar refractivity (Wildman–Crippen MR) is 123 cm³/mol. The van der Waals surface area contributed by atoms with Gasteiger partial charge in [0.15, 0.2) is 0 Å². The van der Waals surface area contributed by atoms with Crippen LogP contribution in [0.5, 0.6) is 0 Å². The Hall–Kier alpha value is -2.65. The molecule has 140 valence electrons. The Balaban J connectivity index is 2.40. The van der Waals surface area contributed by atoms with E-state index in [-0.39, 0.29) is 0 Å². The highest BCUT2D eigenvalue weighted by atomic mass is 32.2. The van der Waals surface area contributed by atoms with Crippen molar-refractivity contribution in [3.05, 3.63) is 95.4 Å². The number of hydrogen-bond acceptors (Lipinski definition) is 3. The Morgan fingerprint density at radius 3 is 2.33 bits per heavy atom. The molecule has 0 radical (unpaired) electrons. The third kappa shape index (κ3) is 5.41. The molecule has 2 aromatic rings. The minimum Gasteiger partial charge on any atom is -0.399 e. The zero-order chi connectivity index (χ0) is 20.0. The molecule has 0 saturated heterocycles. The summed E-state index contributed by atoms with van der Waals surface area (Å²) in [5.41, 5.74) is 15.6. The Bertz CT molecular complexity index is 889. The molecule has 2 rings (SSSR count). The number of nitrogens with two attached hydrogens (primary N) is 1. The zero-order valence-electron chi connectivity index (χ0n) is 16.4. The van der Waals surface area contributed by atoms with Crippen molar-refractivity contribution < 1.29 is 0 Å². The topological polar surface area (TPSA) is 38.0 Å². The standard InChI is InChI=1S/C24H28N2S/c1-7-20-8-10-21(11-9-20)24-13-16(2)22(12-17(24)3)15-23(19(5)25)14-18(4)26-27-6/h7-13,15,26H,1,4-5,14,25H2,2-3,6H3/b23-15+. The second-order valence-corrected chi connectivity index (χ2v) is 7.24. The summed E-state index contributed by atoms with van der Waals surface area (Å²) in [5, 5.41) is 0. The number of rotatable bonds is 8. The van der Waals surface area contributed by atoms with Gasteiger partial charge in [0.05, 0.1) is 0 Å². The van der Waals surface area contributed by atoms with Crippen LogP contribution in [0, 0.1) is 13.8 Å². The van der Waals surface area contributed by atoms with Gasteiger partial charge in [-0.25, -0.2) is 0 Å². The highest BCUT2D eigenvalue weighted by Gasteiger charge is 2.08. The lowest BCUT2D eigenvalue weighted by Gasteiger charge is -2.14. The maximum absolute atomic E-state index is 6.02. The summed E-state index contributed by atoms with van der Waals surface area (Å²) in [6, 6.07) is 12.9. The first kappa shape index (κ1) is 20.7. The molecule has 0 aliphatic heterocycles. The van der Waals surface area contributed by atoms with Crippen LogP contribution in [0.25, 0.3) is 23.3 Å². The lowest BCUT2D eigenvalue weighted by Crippen LogP contribution is -2.06. The highest BCUT2D eigenvalue weighted by Crippen LogP contribution is 2.29. The van der Waals surface area contributed by atoms with Gasteiger partial charge in [-0.2, -0.15) is 0 Å². The van der Waals surface area contributed by atoms with Crippen molar-refractivity contribution in [2.24, 2.45) is 5.73 Å². The Morgan fingerprint density at radius 1 is 1.11 bits per heavy atom. The van der Waals surface area contributed by atoms with E-state index < -0.39 is 0 Å². The van der Waals surface area contributed by atoms with Crippen LogP contribution in [0.4, 0.5) is 0 Å². The molecule has 0 saturated carbocycles. The Kier molecular flexibility index (Phi) is 7.14. The van der Waals surface area contributed by atoms with E-state index in [2.05, 4.69) is 80.8 Å². The number of aryl methyl sites for hydroxylation is 2. The first-order valence-electron chi connectivity index (χ1n) is 8.82. The third-order valence-electron chi connectivity index (χ3n) is 4.46. The number of hydrogen-bond donors (Lipinski definition) is 2. The third-order valence-corrected chi connectivity index (χ3v) is 4.96. The van der Waals surface area contributed by atoms with Gasteiger partial charge in [0, 0.05) is 24.1 Å². The average molecular weight is 377 g/mol. The molecule has 2 aromatic carbocycles. The van der Waals surface area contributed by atoms with Gasteiger partial charge < -0.3 is 10.5 Å². The Labute approximate surface area is 167 Å². The minimum atomic E-state index is 0.570. The lowest BCUT2D eigenvalue weighted by atomic mass is 9.93. The van der Waals surface area contributed by atoms with Crippen LogP contribution in [0.2, 0.25) is 0 Å². The molecule has 0 aliphatic carbocycles. The van der Waals surface area contributed by atoms with Gasteiger partial charge in [-0.3, -0.25) is 0 Å². The van der Waals surface area contributed by atoms with E-state index in [1.807, 2.05) is 12.3 Å². The van der Waals surface area contributed by atoms with Crippen molar-refractivity contribution in [1.29, 1.82) is 0 Å². The molecule has 0 heterocycles. The first-order valence-corrected chi connectivity index (χ1v) is 10.0. The van der Waals surface area contributed by atoms with Crippen molar-refractivity contribution in [3.8, 4) is 11.1 Å².